The number of ketones is 1. The lowest BCUT2D eigenvalue weighted by atomic mass is 9.44. The largest absolute Gasteiger partial charge is 0.459 e. The highest BCUT2D eigenvalue weighted by atomic mass is 16.6. The van der Waals surface area contributed by atoms with Crippen LogP contribution in [0.15, 0.2) is 163 Å². The lowest BCUT2D eigenvalue weighted by molar-refractivity contribution is -0.346. The maximum absolute atomic E-state index is 16.5. The highest BCUT2D eigenvalue weighted by molar-refractivity contribution is 5.97. The van der Waals surface area contributed by atoms with Gasteiger partial charge in [-0.3, -0.25) is 24.0 Å². The highest BCUT2D eigenvalue weighted by Crippen LogP contribution is 2.65. The van der Waals surface area contributed by atoms with Crippen LogP contribution in [0.2, 0.25) is 0 Å². The van der Waals surface area contributed by atoms with E-state index in [9.17, 15) is 48.9 Å². The quantitative estimate of drug-likeness (QED) is 0.0442. The zero-order valence-corrected chi connectivity index (χ0v) is 45.9. The summed E-state index contributed by atoms with van der Waals surface area (Å²) in [5.41, 5.74) is -7.86. The van der Waals surface area contributed by atoms with E-state index in [-0.39, 0.29) is 27.8 Å². The molecule has 9 rings (SSSR count). The van der Waals surface area contributed by atoms with Crippen molar-refractivity contribution in [1.82, 2.24) is 10.6 Å². The van der Waals surface area contributed by atoms with Gasteiger partial charge in [0.1, 0.15) is 30.0 Å². The molecule has 1 aliphatic heterocycles. The van der Waals surface area contributed by atoms with E-state index in [0.29, 0.717) is 11.1 Å². The molecule has 0 spiro atoms. The number of ether oxygens (including phenoxy) is 6. The molecule has 1 heterocycles. The van der Waals surface area contributed by atoms with Crippen molar-refractivity contribution in [3.05, 3.63) is 191 Å². The number of aliphatic hydroxyl groups is 3. The van der Waals surface area contributed by atoms with Crippen molar-refractivity contribution >= 4 is 47.4 Å². The summed E-state index contributed by atoms with van der Waals surface area (Å²) in [6, 6.07) is 37.1. The molecule has 82 heavy (non-hydrogen) atoms. The summed E-state index contributed by atoms with van der Waals surface area (Å²) < 4.78 is 37.6. The minimum Gasteiger partial charge on any atom is -0.459 e. The monoisotopic (exact) mass is 1120 g/mol. The van der Waals surface area contributed by atoms with Crippen molar-refractivity contribution in [2.24, 2.45) is 16.7 Å². The van der Waals surface area contributed by atoms with Crippen LogP contribution in [0.1, 0.15) is 109 Å². The normalized spacial score (nSPS) is 27.5. The third kappa shape index (κ3) is 10.7. The number of Topliss-reactive ketones (excluding diaryl/α,β-unsaturated/α-hetero) is 1. The molecule has 5 N–H and O–H groups in total. The van der Waals surface area contributed by atoms with Gasteiger partial charge in [0, 0.05) is 43.2 Å². The first kappa shape index (κ1) is 58.3. The van der Waals surface area contributed by atoms with Gasteiger partial charge >= 0.3 is 29.8 Å². The van der Waals surface area contributed by atoms with Gasteiger partial charge in [-0.05, 0) is 72.5 Å². The molecule has 3 aliphatic carbocycles. The van der Waals surface area contributed by atoms with Gasteiger partial charge in [-0.1, -0.05) is 129 Å². The van der Waals surface area contributed by atoms with Crippen LogP contribution in [-0.2, 0) is 52.4 Å². The Bertz CT molecular complexity index is 3270. The first-order valence-electron chi connectivity index (χ1n) is 26.8. The summed E-state index contributed by atoms with van der Waals surface area (Å²) in [5.74, 6) is -9.70. The average molecular weight is 1120 g/mol. The Labute approximate surface area is 472 Å². The summed E-state index contributed by atoms with van der Waals surface area (Å²) in [6.07, 6.45) is -14.1. The average Bonchev–Trinajstić information content (AvgIpc) is 1.50. The Morgan fingerprint density at radius 2 is 1.06 bits per heavy atom. The molecular formula is C63H64N2O17. The standard InChI is InChI=1S/C63H64N2O17/c1-35-43(79-58(74)49(68)47(38-22-12-7-13-23-38)64-55(71)40-26-16-9-17-27-40)33-63(76)54(81-57(73)42-30-20-11-21-31-42)52-61(6,53(70)51(78-36(2)66)46(35)60(63,4)5)44(32-45-62(52,34-77-45)82-37(3)67)80-59(75)50(69)48(39-24-14-8-15-25-39)65-56(72)41-28-18-10-19-29-41/h7-31,43-45,47-52,54,68-69,76H,32-34H2,1-6H3,(H,64,71)(H,65,72)/t43-,44-,45+,47-,48-,49+,50+,51+,52-,54-,61+,62-,63+/m0/s1. The maximum Gasteiger partial charge on any atom is 0.338 e. The van der Waals surface area contributed by atoms with Crippen LogP contribution in [0, 0.1) is 16.7 Å². The molecule has 1 saturated heterocycles. The zero-order chi connectivity index (χ0) is 58.9. The second-order valence-electron chi connectivity index (χ2n) is 21.9. The number of aliphatic hydroxyl groups excluding tert-OH is 2. The molecule has 3 fully saturated rings. The maximum atomic E-state index is 16.5. The molecule has 2 saturated carbocycles. The number of nitrogens with one attached hydrogen (secondary N) is 2. The van der Waals surface area contributed by atoms with Crippen LogP contribution in [0.4, 0.5) is 0 Å². The van der Waals surface area contributed by atoms with E-state index in [4.69, 9.17) is 28.4 Å². The Balaban J connectivity index is 1.19. The van der Waals surface area contributed by atoms with Gasteiger partial charge in [0.05, 0.1) is 35.6 Å². The second kappa shape index (κ2) is 23.2. The van der Waals surface area contributed by atoms with Crippen molar-refractivity contribution in [2.75, 3.05) is 6.61 Å². The Kier molecular flexibility index (Phi) is 16.5. The van der Waals surface area contributed by atoms with E-state index in [2.05, 4.69) is 10.6 Å². The number of carbonyl (C=O) groups is 8. The van der Waals surface area contributed by atoms with Gasteiger partial charge in [-0.2, -0.15) is 0 Å². The fourth-order valence-electron chi connectivity index (χ4n) is 12.5. The van der Waals surface area contributed by atoms with Crippen LogP contribution in [-0.4, -0.2) is 123 Å². The lowest BCUT2D eigenvalue weighted by Gasteiger charge is -2.67. The number of amides is 2. The molecule has 2 amide bonds. The highest BCUT2D eigenvalue weighted by Gasteiger charge is 2.79. The minimum absolute atomic E-state index is 0.0236. The van der Waals surface area contributed by atoms with E-state index >= 15 is 4.79 Å². The molecular weight excluding hydrogens is 1060 g/mol. The van der Waals surface area contributed by atoms with Gasteiger partial charge < -0.3 is 54.4 Å². The number of fused-ring (bicyclic) bond motifs is 5. The van der Waals surface area contributed by atoms with E-state index in [1.807, 2.05) is 0 Å². The van der Waals surface area contributed by atoms with Gasteiger partial charge in [-0.15, -0.1) is 0 Å². The smallest absolute Gasteiger partial charge is 0.338 e. The van der Waals surface area contributed by atoms with E-state index in [1.165, 1.54) is 52.0 Å². The summed E-state index contributed by atoms with van der Waals surface area (Å²) in [7, 11) is 0. The third-order valence-electron chi connectivity index (χ3n) is 16.7. The van der Waals surface area contributed by atoms with Gasteiger partial charge in [0.15, 0.2) is 29.7 Å². The number of carbonyl (C=O) groups excluding carboxylic acids is 8. The van der Waals surface area contributed by atoms with Crippen molar-refractivity contribution in [3.8, 4) is 0 Å². The zero-order valence-electron chi connectivity index (χ0n) is 45.9. The third-order valence-corrected chi connectivity index (χ3v) is 16.7. The molecule has 428 valence electrons. The number of esters is 5. The summed E-state index contributed by atoms with van der Waals surface area (Å²) in [6.45, 7) is 7.50. The molecule has 2 bridgehead atoms. The lowest BCUT2D eigenvalue weighted by Crippen LogP contribution is -2.82. The predicted molar refractivity (Wildman–Crippen MR) is 291 cm³/mol. The van der Waals surface area contributed by atoms with Crippen LogP contribution in [0.3, 0.4) is 0 Å². The van der Waals surface area contributed by atoms with E-state index in [1.54, 1.807) is 127 Å². The Hall–Kier alpha value is -8.36. The molecule has 5 aromatic rings. The van der Waals surface area contributed by atoms with Crippen LogP contribution in [0.25, 0.3) is 0 Å². The van der Waals surface area contributed by atoms with Crippen molar-refractivity contribution in [1.29, 1.82) is 0 Å². The molecule has 0 aromatic heterocycles. The summed E-state index contributed by atoms with van der Waals surface area (Å²) in [4.78, 5) is 115. The van der Waals surface area contributed by atoms with Crippen LogP contribution >= 0.6 is 0 Å². The summed E-state index contributed by atoms with van der Waals surface area (Å²) >= 11 is 0. The van der Waals surface area contributed by atoms with Crippen molar-refractivity contribution in [2.45, 2.75) is 120 Å². The van der Waals surface area contributed by atoms with Gasteiger partial charge in [0.25, 0.3) is 11.8 Å². The molecule has 0 radical (unpaired) electrons. The van der Waals surface area contributed by atoms with Gasteiger partial charge in [-0.25, -0.2) is 14.4 Å². The van der Waals surface area contributed by atoms with E-state index in [0.717, 1.165) is 13.8 Å². The fraction of sp³-hybridized carbons (Fsp3) is 0.365. The number of hydrogen-bond donors (Lipinski definition) is 5. The molecule has 5 aromatic carbocycles. The molecule has 4 aliphatic rings. The topological polar surface area (TPSA) is 277 Å². The van der Waals surface area contributed by atoms with Crippen LogP contribution < -0.4 is 10.6 Å². The first-order chi connectivity index (χ1) is 39.0. The first-order valence-corrected chi connectivity index (χ1v) is 26.8. The molecule has 19 nitrogen and oxygen atoms in total. The van der Waals surface area contributed by atoms with Gasteiger partial charge in [0.2, 0.25) is 0 Å². The minimum atomic E-state index is -2.59. The molecule has 19 heteroatoms. The predicted octanol–water partition coefficient (Wildman–Crippen LogP) is 5.82. The second-order valence-corrected chi connectivity index (χ2v) is 21.9. The summed E-state index contributed by atoms with van der Waals surface area (Å²) in [5, 5.41) is 43.8. The fourth-order valence-corrected chi connectivity index (χ4v) is 12.5. The van der Waals surface area contributed by atoms with E-state index < -0.39 is 150 Å². The Morgan fingerprint density at radius 3 is 1.50 bits per heavy atom. The number of benzene rings is 5. The van der Waals surface area contributed by atoms with Crippen LogP contribution in [0.5, 0.6) is 0 Å². The molecule has 13 atom stereocenters. The SMILES string of the molecule is CC(=O)O[C@H]1C(=O)[C@]2(C)[C@@H](OC(=O)[C@H](O)[C@@H](NC(=O)c3ccccc3)c3ccccc3)C[C@H]3OC[C@@]3(OC(C)=O)[C@H]2[C@H](OC(=O)c2ccccc2)[C@]2(O)C[C@H](OC(=O)[C@H](O)[C@@H](NC(=O)c3ccccc3)c3ccccc3)C(C)=C1C2(C)C. The van der Waals surface area contributed by atoms with Crippen molar-refractivity contribution in [3.63, 3.8) is 0 Å². The molecule has 0 unspecified atom stereocenters. The number of hydrogen-bond acceptors (Lipinski definition) is 17. The number of rotatable bonds is 16. The van der Waals surface area contributed by atoms with Crippen molar-refractivity contribution < 1.29 is 82.1 Å². The Morgan fingerprint density at radius 1 is 0.610 bits per heavy atom.